The molecule has 1 unspecified atom stereocenters. The summed E-state index contributed by atoms with van der Waals surface area (Å²) in [5.74, 6) is 0.399. The molecule has 8 heteroatoms. The molecule has 0 bridgehead atoms. The second-order valence-corrected chi connectivity index (χ2v) is 8.69. The summed E-state index contributed by atoms with van der Waals surface area (Å²) in [6, 6.07) is 14.6. The van der Waals surface area contributed by atoms with Gasteiger partial charge in [0.05, 0.1) is 11.2 Å². The molecule has 8 nitrogen and oxygen atoms in total. The van der Waals surface area contributed by atoms with E-state index in [-0.39, 0.29) is 0 Å². The number of carbonyl (C=O) groups is 1. The Labute approximate surface area is 190 Å². The van der Waals surface area contributed by atoms with E-state index in [0.717, 1.165) is 16.5 Å². The molecule has 2 fully saturated rings. The number of hydrogen-bond donors (Lipinski definition) is 0. The largest absolute Gasteiger partial charge is 0.509 e. The summed E-state index contributed by atoms with van der Waals surface area (Å²) < 4.78 is 33.9. The molecule has 0 aliphatic carbocycles. The summed E-state index contributed by atoms with van der Waals surface area (Å²) in [6.45, 7) is 5.54. The summed E-state index contributed by atoms with van der Waals surface area (Å²) in [7, 11) is 1.53. The van der Waals surface area contributed by atoms with E-state index < -0.39 is 42.0 Å². The van der Waals surface area contributed by atoms with Crippen LogP contribution in [0.2, 0.25) is 0 Å². The van der Waals surface area contributed by atoms with Crippen LogP contribution in [0.5, 0.6) is 5.75 Å². The number of benzene rings is 2. The number of methoxy groups -OCH3 is 1. The minimum Gasteiger partial charge on any atom is -0.461 e. The molecule has 0 amide bonds. The van der Waals surface area contributed by atoms with Crippen LogP contribution in [-0.4, -0.2) is 43.5 Å². The zero-order valence-electron chi connectivity index (χ0n) is 18.7. The normalized spacial score (nSPS) is 25.9. The van der Waals surface area contributed by atoms with Gasteiger partial charge in [0, 0.05) is 18.6 Å². The first-order valence-corrected chi connectivity index (χ1v) is 10.7. The molecule has 2 aliphatic heterocycles. The summed E-state index contributed by atoms with van der Waals surface area (Å²) in [5.41, 5.74) is 1.28. The number of fused-ring (bicyclic) bond motifs is 2. The minimum atomic E-state index is -0.934. The average Bonchev–Trinajstić information content (AvgIpc) is 3.15. The highest BCUT2D eigenvalue weighted by Crippen LogP contribution is 2.39. The Bertz CT molecular complexity index is 1260. The van der Waals surface area contributed by atoms with Gasteiger partial charge in [-0.3, -0.25) is 0 Å². The SMILES string of the molecule is CO[C@@H]1[C@H]2OC(=O)OC2[C@H](Oc2ccc3c(C)c(-c4ccccc4)c(=O)oc3c2)OC1(C)C. The standard InChI is InChI=1S/C25H24O8/c1-13-16-11-10-15(12-17(16)30-22(26)18(13)14-8-6-5-7-9-14)29-23-20-19(31-24(27)32-20)21(28-4)25(2,3)33-23/h5-12,19-21,23H,1-4H3/t19-,20?,21+,23+/m0/s1. The number of rotatable bonds is 4. The quantitative estimate of drug-likeness (QED) is 0.430. The lowest BCUT2D eigenvalue weighted by Crippen LogP contribution is -2.62. The molecule has 0 radical (unpaired) electrons. The molecular weight excluding hydrogens is 428 g/mol. The molecule has 0 spiro atoms. The zero-order chi connectivity index (χ0) is 23.3. The van der Waals surface area contributed by atoms with Crippen molar-refractivity contribution in [3.63, 3.8) is 0 Å². The van der Waals surface area contributed by atoms with Crippen molar-refractivity contribution in [3.05, 3.63) is 64.5 Å². The highest BCUT2D eigenvalue weighted by molar-refractivity contribution is 5.87. The Hall–Kier alpha value is -3.36. The number of ether oxygens (including phenoxy) is 5. The molecule has 0 saturated carbocycles. The van der Waals surface area contributed by atoms with Crippen LogP contribution in [0.15, 0.2) is 57.7 Å². The van der Waals surface area contributed by atoms with Crippen molar-refractivity contribution < 1.29 is 32.9 Å². The van der Waals surface area contributed by atoms with E-state index in [4.69, 9.17) is 28.1 Å². The predicted molar refractivity (Wildman–Crippen MR) is 118 cm³/mol. The van der Waals surface area contributed by atoms with E-state index in [9.17, 15) is 9.59 Å². The molecule has 2 aliphatic rings. The first-order valence-electron chi connectivity index (χ1n) is 10.7. The topological polar surface area (TPSA) is 93.4 Å². The predicted octanol–water partition coefficient (Wildman–Crippen LogP) is 4.20. The Morgan fingerprint density at radius 2 is 1.70 bits per heavy atom. The average molecular weight is 452 g/mol. The van der Waals surface area contributed by atoms with Crippen molar-refractivity contribution in [3.8, 4) is 16.9 Å². The maximum Gasteiger partial charge on any atom is 0.509 e. The van der Waals surface area contributed by atoms with Gasteiger partial charge in [-0.2, -0.15) is 0 Å². The van der Waals surface area contributed by atoms with E-state index >= 15 is 0 Å². The zero-order valence-corrected chi connectivity index (χ0v) is 18.7. The Morgan fingerprint density at radius 1 is 0.970 bits per heavy atom. The molecule has 33 heavy (non-hydrogen) atoms. The van der Waals surface area contributed by atoms with Crippen LogP contribution in [0, 0.1) is 6.92 Å². The lowest BCUT2D eigenvalue weighted by atomic mass is 9.89. The lowest BCUT2D eigenvalue weighted by Gasteiger charge is -2.45. The second kappa shape index (κ2) is 7.90. The fourth-order valence-corrected chi connectivity index (χ4v) is 4.65. The molecule has 3 heterocycles. The second-order valence-electron chi connectivity index (χ2n) is 8.69. The Morgan fingerprint density at radius 3 is 2.42 bits per heavy atom. The van der Waals surface area contributed by atoms with Gasteiger partial charge in [0.15, 0.2) is 6.10 Å². The van der Waals surface area contributed by atoms with Gasteiger partial charge >= 0.3 is 11.8 Å². The van der Waals surface area contributed by atoms with Gasteiger partial charge < -0.3 is 28.1 Å². The van der Waals surface area contributed by atoms with Crippen LogP contribution in [0.1, 0.15) is 19.4 Å². The van der Waals surface area contributed by atoms with Crippen LogP contribution in [0.3, 0.4) is 0 Å². The highest BCUT2D eigenvalue weighted by atomic mass is 16.8. The van der Waals surface area contributed by atoms with Crippen molar-refractivity contribution in [2.45, 2.75) is 51.0 Å². The molecule has 2 saturated heterocycles. The Kier molecular flexibility index (Phi) is 5.14. The van der Waals surface area contributed by atoms with E-state index in [1.807, 2.05) is 57.2 Å². The molecule has 3 aromatic rings. The molecule has 1 aromatic heterocycles. The van der Waals surface area contributed by atoms with Crippen molar-refractivity contribution in [2.24, 2.45) is 0 Å². The summed E-state index contributed by atoms with van der Waals surface area (Å²) >= 11 is 0. The third-order valence-electron chi connectivity index (χ3n) is 6.17. The number of hydrogen-bond acceptors (Lipinski definition) is 8. The van der Waals surface area contributed by atoms with E-state index in [2.05, 4.69) is 0 Å². The van der Waals surface area contributed by atoms with Crippen LogP contribution in [-0.2, 0) is 18.9 Å². The monoisotopic (exact) mass is 452 g/mol. The van der Waals surface area contributed by atoms with Gasteiger partial charge in [0.2, 0.25) is 12.4 Å². The first kappa shape index (κ1) is 21.5. The van der Waals surface area contributed by atoms with E-state index in [0.29, 0.717) is 16.9 Å². The molecular formula is C25H24O8. The van der Waals surface area contributed by atoms with Crippen LogP contribution in [0.25, 0.3) is 22.1 Å². The molecule has 4 atom stereocenters. The Balaban J connectivity index is 1.49. The van der Waals surface area contributed by atoms with Gasteiger partial charge in [-0.25, -0.2) is 9.59 Å². The molecule has 0 N–H and O–H groups in total. The summed E-state index contributed by atoms with van der Waals surface area (Å²) in [6.07, 6.45) is -3.74. The summed E-state index contributed by atoms with van der Waals surface area (Å²) in [5, 5.41) is 0.790. The lowest BCUT2D eigenvalue weighted by molar-refractivity contribution is -0.282. The van der Waals surface area contributed by atoms with Crippen LogP contribution >= 0.6 is 0 Å². The number of aryl methyl sites for hydroxylation is 1. The van der Waals surface area contributed by atoms with Gasteiger partial charge in [-0.1, -0.05) is 30.3 Å². The molecule has 2 aromatic carbocycles. The van der Waals surface area contributed by atoms with Crippen LogP contribution < -0.4 is 10.4 Å². The fourth-order valence-electron chi connectivity index (χ4n) is 4.65. The van der Waals surface area contributed by atoms with Crippen molar-refractivity contribution in [1.29, 1.82) is 0 Å². The van der Waals surface area contributed by atoms with E-state index in [1.54, 1.807) is 12.1 Å². The smallest absolute Gasteiger partial charge is 0.461 e. The van der Waals surface area contributed by atoms with Crippen molar-refractivity contribution in [2.75, 3.05) is 7.11 Å². The first-order chi connectivity index (χ1) is 15.8. The van der Waals surface area contributed by atoms with Gasteiger partial charge in [-0.05, 0) is 44.0 Å². The van der Waals surface area contributed by atoms with Crippen molar-refractivity contribution in [1.82, 2.24) is 0 Å². The van der Waals surface area contributed by atoms with E-state index in [1.165, 1.54) is 7.11 Å². The maximum atomic E-state index is 12.8. The fraction of sp³-hybridized carbons (Fsp3) is 0.360. The minimum absolute atomic E-state index is 0.385. The third kappa shape index (κ3) is 3.65. The van der Waals surface area contributed by atoms with Crippen molar-refractivity contribution >= 4 is 17.1 Å². The van der Waals surface area contributed by atoms with Gasteiger partial charge in [0.25, 0.3) is 0 Å². The van der Waals surface area contributed by atoms with Gasteiger partial charge in [0.1, 0.15) is 17.4 Å². The molecule has 172 valence electrons. The third-order valence-corrected chi connectivity index (χ3v) is 6.17. The number of carbonyl (C=O) groups excluding carboxylic acids is 1. The molecule has 5 rings (SSSR count). The van der Waals surface area contributed by atoms with Gasteiger partial charge in [-0.15, -0.1) is 0 Å². The maximum absolute atomic E-state index is 12.8. The van der Waals surface area contributed by atoms with Crippen LogP contribution in [0.4, 0.5) is 4.79 Å². The highest BCUT2D eigenvalue weighted by Gasteiger charge is 2.58. The summed E-state index contributed by atoms with van der Waals surface area (Å²) in [4.78, 5) is 24.6.